The fourth-order valence-electron chi connectivity index (χ4n) is 4.93. The lowest BCUT2D eigenvalue weighted by atomic mass is 10.1. The first-order valence-corrected chi connectivity index (χ1v) is 13.0. The number of unbranched alkanes of at least 4 members (excludes halogenated alkanes) is 1. The topological polar surface area (TPSA) is 48.5 Å². The van der Waals surface area contributed by atoms with Crippen molar-refractivity contribution < 1.29 is 4.79 Å². The zero-order valence-electron chi connectivity index (χ0n) is 21.0. The first kappa shape index (κ1) is 24.0. The summed E-state index contributed by atoms with van der Waals surface area (Å²) in [5, 5.41) is 4.24. The molecule has 184 valence electrons. The number of pyridine rings is 1. The highest BCUT2D eigenvalue weighted by atomic mass is 16.1. The van der Waals surface area contributed by atoms with Gasteiger partial charge in [-0.15, -0.1) is 0 Å². The maximum atomic E-state index is 13.2. The van der Waals surface area contributed by atoms with Gasteiger partial charge in [-0.25, -0.2) is 0 Å². The Labute approximate surface area is 213 Å². The molecule has 1 fully saturated rings. The number of anilines is 2. The van der Waals surface area contributed by atoms with Crippen LogP contribution in [0.25, 0.3) is 10.9 Å². The number of para-hydroxylation sites is 1. The molecule has 5 nitrogen and oxygen atoms in total. The van der Waals surface area contributed by atoms with Crippen molar-refractivity contribution in [3.63, 3.8) is 0 Å². The molecule has 1 aromatic heterocycles. The second-order valence-electron chi connectivity index (χ2n) is 9.54. The molecule has 1 aliphatic rings. The summed E-state index contributed by atoms with van der Waals surface area (Å²) >= 11 is 0. The molecule has 5 heteroatoms. The highest BCUT2D eigenvalue weighted by molar-refractivity contribution is 6.09. The molecule has 1 amide bonds. The van der Waals surface area contributed by atoms with E-state index in [2.05, 4.69) is 75.6 Å². The molecule has 0 saturated carbocycles. The highest BCUT2D eigenvalue weighted by Gasteiger charge is 2.23. The first-order chi connectivity index (χ1) is 17.7. The van der Waals surface area contributed by atoms with Gasteiger partial charge in [-0.2, -0.15) is 0 Å². The van der Waals surface area contributed by atoms with Gasteiger partial charge in [-0.1, -0.05) is 74.0 Å². The SMILES string of the molecule is CCCCc1ccc(C(=O)Nc2cnc3ccccc3c2N2CCN(Cc3ccccc3)CC2)cc1. The van der Waals surface area contributed by atoms with Crippen LogP contribution < -0.4 is 10.2 Å². The van der Waals surface area contributed by atoms with E-state index >= 15 is 0 Å². The number of hydrogen-bond acceptors (Lipinski definition) is 4. The molecule has 3 aromatic carbocycles. The lowest BCUT2D eigenvalue weighted by Gasteiger charge is -2.37. The Bertz CT molecular complexity index is 1300. The van der Waals surface area contributed by atoms with Crippen molar-refractivity contribution in [1.82, 2.24) is 9.88 Å². The quantitative estimate of drug-likeness (QED) is 0.330. The van der Waals surface area contributed by atoms with E-state index in [1.165, 1.54) is 17.5 Å². The number of fused-ring (bicyclic) bond motifs is 1. The molecule has 0 unspecified atom stereocenters. The number of nitrogens with one attached hydrogen (secondary N) is 1. The minimum atomic E-state index is -0.0990. The van der Waals surface area contributed by atoms with Crippen molar-refractivity contribution >= 4 is 28.2 Å². The van der Waals surface area contributed by atoms with Crippen LogP contribution in [-0.2, 0) is 13.0 Å². The minimum Gasteiger partial charge on any atom is -0.367 e. The Morgan fingerprint density at radius 2 is 1.58 bits per heavy atom. The molecule has 0 radical (unpaired) electrons. The average Bonchev–Trinajstić information content (AvgIpc) is 2.93. The van der Waals surface area contributed by atoms with Gasteiger partial charge in [0.05, 0.1) is 23.1 Å². The number of nitrogens with zero attached hydrogens (tertiary/aromatic N) is 3. The zero-order valence-corrected chi connectivity index (χ0v) is 21.0. The lowest BCUT2D eigenvalue weighted by Crippen LogP contribution is -2.46. The molecular formula is C31H34N4O. The third-order valence-corrected chi connectivity index (χ3v) is 6.97. The molecule has 2 heterocycles. The number of benzene rings is 3. The third kappa shape index (κ3) is 5.58. The smallest absolute Gasteiger partial charge is 0.255 e. The fraction of sp³-hybridized carbons (Fsp3) is 0.290. The molecule has 1 saturated heterocycles. The molecule has 0 spiro atoms. The predicted octanol–water partition coefficient (Wildman–Crippen LogP) is 6.15. The van der Waals surface area contributed by atoms with Crippen LogP contribution in [0.15, 0.2) is 85.1 Å². The maximum absolute atomic E-state index is 13.2. The fourth-order valence-corrected chi connectivity index (χ4v) is 4.93. The van der Waals surface area contributed by atoms with E-state index in [0.717, 1.165) is 67.8 Å². The molecule has 0 atom stereocenters. The highest BCUT2D eigenvalue weighted by Crippen LogP contribution is 2.34. The van der Waals surface area contributed by atoms with E-state index in [0.29, 0.717) is 5.56 Å². The third-order valence-electron chi connectivity index (χ3n) is 6.97. The average molecular weight is 479 g/mol. The van der Waals surface area contributed by atoms with Gasteiger partial charge in [-0.3, -0.25) is 14.7 Å². The molecule has 0 aliphatic carbocycles. The van der Waals surface area contributed by atoms with Crippen LogP contribution in [-0.4, -0.2) is 42.0 Å². The van der Waals surface area contributed by atoms with Gasteiger partial charge >= 0.3 is 0 Å². The first-order valence-electron chi connectivity index (χ1n) is 13.0. The number of carbonyl (C=O) groups excluding carboxylic acids is 1. The number of aryl methyl sites for hydroxylation is 1. The number of carbonyl (C=O) groups is 1. The Hall–Kier alpha value is -3.70. The van der Waals surface area contributed by atoms with Crippen LogP contribution in [0.1, 0.15) is 41.3 Å². The summed E-state index contributed by atoms with van der Waals surface area (Å²) in [4.78, 5) is 22.7. The number of aromatic nitrogens is 1. The van der Waals surface area contributed by atoms with Gasteiger partial charge < -0.3 is 10.2 Å². The van der Waals surface area contributed by atoms with Gasteiger partial charge in [0.25, 0.3) is 5.91 Å². The number of amides is 1. The molecule has 1 aliphatic heterocycles. The predicted molar refractivity (Wildman–Crippen MR) is 149 cm³/mol. The Balaban J connectivity index is 1.35. The zero-order chi connectivity index (χ0) is 24.7. The van der Waals surface area contributed by atoms with E-state index in [4.69, 9.17) is 0 Å². The molecule has 0 bridgehead atoms. The summed E-state index contributed by atoms with van der Waals surface area (Å²) in [6, 6.07) is 26.8. The Kier molecular flexibility index (Phi) is 7.58. The van der Waals surface area contributed by atoms with Crippen LogP contribution >= 0.6 is 0 Å². The van der Waals surface area contributed by atoms with Crippen LogP contribution in [0, 0.1) is 0 Å². The number of rotatable bonds is 8. The second-order valence-corrected chi connectivity index (χ2v) is 9.54. The van der Waals surface area contributed by atoms with Crippen molar-refractivity contribution in [2.45, 2.75) is 32.7 Å². The van der Waals surface area contributed by atoms with Crippen molar-refractivity contribution in [2.75, 3.05) is 36.4 Å². The Morgan fingerprint density at radius 3 is 2.33 bits per heavy atom. The van der Waals surface area contributed by atoms with Crippen LogP contribution in [0.5, 0.6) is 0 Å². The van der Waals surface area contributed by atoms with Gasteiger partial charge in [0.1, 0.15) is 0 Å². The maximum Gasteiger partial charge on any atom is 0.255 e. The van der Waals surface area contributed by atoms with Crippen LogP contribution in [0.4, 0.5) is 11.4 Å². The van der Waals surface area contributed by atoms with E-state index in [9.17, 15) is 4.79 Å². The van der Waals surface area contributed by atoms with E-state index in [-0.39, 0.29) is 5.91 Å². The van der Waals surface area contributed by atoms with Crippen molar-refractivity contribution in [3.8, 4) is 0 Å². The number of piperazine rings is 1. The molecule has 36 heavy (non-hydrogen) atoms. The summed E-state index contributed by atoms with van der Waals surface area (Å²) < 4.78 is 0. The van der Waals surface area contributed by atoms with Crippen molar-refractivity contribution in [1.29, 1.82) is 0 Å². The van der Waals surface area contributed by atoms with Crippen molar-refractivity contribution in [2.24, 2.45) is 0 Å². The summed E-state index contributed by atoms with van der Waals surface area (Å²) in [5.74, 6) is -0.0990. The normalized spacial score (nSPS) is 14.2. The second kappa shape index (κ2) is 11.4. The molecule has 4 aromatic rings. The van der Waals surface area contributed by atoms with Crippen molar-refractivity contribution in [3.05, 3.63) is 102 Å². The standard InChI is InChI=1S/C31H34N4O/c1-2-3-9-24-14-16-26(17-15-24)31(36)33-29-22-32-28-13-8-7-12-27(28)30(29)35-20-18-34(19-21-35)23-25-10-5-4-6-11-25/h4-8,10-17,22H,2-3,9,18-21,23H2,1H3,(H,33,36). The summed E-state index contributed by atoms with van der Waals surface area (Å²) in [6.07, 6.45) is 5.19. The monoisotopic (exact) mass is 478 g/mol. The van der Waals surface area contributed by atoms with Gasteiger partial charge in [0.2, 0.25) is 0 Å². The van der Waals surface area contributed by atoms with Gasteiger partial charge in [0, 0.05) is 43.7 Å². The van der Waals surface area contributed by atoms with Gasteiger partial charge in [-0.05, 0) is 42.2 Å². The summed E-state index contributed by atoms with van der Waals surface area (Å²) in [5.41, 5.74) is 6.06. The largest absolute Gasteiger partial charge is 0.367 e. The number of hydrogen-bond donors (Lipinski definition) is 1. The van der Waals surface area contributed by atoms with E-state index in [1.807, 2.05) is 36.5 Å². The van der Waals surface area contributed by atoms with Crippen LogP contribution in [0.2, 0.25) is 0 Å². The lowest BCUT2D eigenvalue weighted by molar-refractivity contribution is 0.102. The molecular weight excluding hydrogens is 444 g/mol. The van der Waals surface area contributed by atoms with E-state index in [1.54, 1.807) is 0 Å². The molecule has 1 N–H and O–H groups in total. The minimum absolute atomic E-state index is 0.0990. The molecule has 5 rings (SSSR count). The Morgan fingerprint density at radius 1 is 0.861 bits per heavy atom. The van der Waals surface area contributed by atoms with E-state index < -0.39 is 0 Å². The summed E-state index contributed by atoms with van der Waals surface area (Å²) in [6.45, 7) is 6.89. The van der Waals surface area contributed by atoms with Gasteiger partial charge in [0.15, 0.2) is 0 Å². The summed E-state index contributed by atoms with van der Waals surface area (Å²) in [7, 11) is 0. The van der Waals surface area contributed by atoms with Crippen LogP contribution in [0.3, 0.4) is 0 Å².